The molecule has 0 aliphatic rings. The molecular formula is C7H12ClNO. The summed E-state index contributed by atoms with van der Waals surface area (Å²) in [5.74, 6) is 0.134. The zero-order valence-corrected chi connectivity index (χ0v) is 7.06. The molecule has 3 heteroatoms. The molecule has 0 aromatic heterocycles. The molecule has 0 saturated carbocycles. The van der Waals surface area contributed by atoms with Crippen LogP contribution in [0.15, 0.2) is 11.6 Å². The van der Waals surface area contributed by atoms with Gasteiger partial charge in [-0.2, -0.15) is 0 Å². The first-order valence-electron chi connectivity index (χ1n) is 3.14. The van der Waals surface area contributed by atoms with Crippen LogP contribution < -0.4 is 0 Å². The van der Waals surface area contributed by atoms with E-state index in [9.17, 15) is 4.79 Å². The fourth-order valence-electron chi connectivity index (χ4n) is 0.493. The highest BCUT2D eigenvalue weighted by molar-refractivity contribution is 6.25. The minimum absolute atomic E-state index is 0.134. The molecule has 0 N–H and O–H groups in total. The molecule has 0 radical (unpaired) electrons. The van der Waals surface area contributed by atoms with Gasteiger partial charge in [-0.25, -0.2) is 0 Å². The van der Waals surface area contributed by atoms with Gasteiger partial charge in [-0.1, -0.05) is 17.7 Å². The highest BCUT2D eigenvalue weighted by Crippen LogP contribution is 1.95. The molecule has 0 spiro atoms. The Morgan fingerprint density at radius 1 is 1.60 bits per heavy atom. The summed E-state index contributed by atoms with van der Waals surface area (Å²) >= 11 is 5.26. The van der Waals surface area contributed by atoms with E-state index in [1.165, 1.54) is 5.54 Å². The zero-order chi connectivity index (χ0) is 7.98. The SMILES string of the molecule is CN(C)C(=O)CCC=CCl. The molecule has 0 aliphatic carbocycles. The van der Waals surface area contributed by atoms with Gasteiger partial charge in [0.1, 0.15) is 0 Å². The third-order valence-corrected chi connectivity index (χ3v) is 1.29. The Kier molecular flexibility index (Phi) is 5.03. The third-order valence-electron chi connectivity index (χ3n) is 1.11. The van der Waals surface area contributed by atoms with Crippen molar-refractivity contribution >= 4 is 17.5 Å². The lowest BCUT2D eigenvalue weighted by Crippen LogP contribution is -2.20. The van der Waals surface area contributed by atoms with Crippen LogP contribution in [0, 0.1) is 0 Å². The first-order valence-corrected chi connectivity index (χ1v) is 3.57. The summed E-state index contributed by atoms with van der Waals surface area (Å²) in [4.78, 5) is 12.4. The normalized spacial score (nSPS) is 10.3. The Balaban J connectivity index is 3.40. The van der Waals surface area contributed by atoms with Gasteiger partial charge >= 0.3 is 0 Å². The van der Waals surface area contributed by atoms with Crippen LogP contribution in [0.2, 0.25) is 0 Å². The fourth-order valence-corrected chi connectivity index (χ4v) is 0.619. The summed E-state index contributed by atoms with van der Waals surface area (Å²) in [6, 6.07) is 0. The molecule has 0 aromatic carbocycles. The molecule has 0 atom stereocenters. The highest BCUT2D eigenvalue weighted by atomic mass is 35.5. The molecule has 0 aromatic rings. The lowest BCUT2D eigenvalue weighted by molar-refractivity contribution is -0.128. The average Bonchev–Trinajstić information content (AvgIpc) is 1.88. The van der Waals surface area contributed by atoms with Crippen LogP contribution in [0.4, 0.5) is 0 Å². The Labute approximate surface area is 66.5 Å². The van der Waals surface area contributed by atoms with Gasteiger partial charge in [0.2, 0.25) is 5.91 Å². The van der Waals surface area contributed by atoms with Gasteiger partial charge in [0.05, 0.1) is 0 Å². The molecular weight excluding hydrogens is 150 g/mol. The standard InChI is InChI=1S/C7H12ClNO/c1-9(2)7(10)5-3-4-6-8/h4,6H,3,5H2,1-2H3. The summed E-state index contributed by atoms with van der Waals surface area (Å²) in [5.41, 5.74) is 1.43. The van der Waals surface area contributed by atoms with E-state index >= 15 is 0 Å². The van der Waals surface area contributed by atoms with E-state index in [2.05, 4.69) is 0 Å². The number of hydrogen-bond acceptors (Lipinski definition) is 1. The van der Waals surface area contributed by atoms with E-state index in [0.717, 1.165) is 6.42 Å². The molecule has 0 aliphatic heterocycles. The monoisotopic (exact) mass is 161 g/mol. The Bertz CT molecular complexity index is 132. The maximum atomic E-state index is 10.9. The zero-order valence-electron chi connectivity index (χ0n) is 6.30. The second kappa shape index (κ2) is 5.30. The number of nitrogens with zero attached hydrogens (tertiary/aromatic N) is 1. The number of hydrogen-bond donors (Lipinski definition) is 0. The van der Waals surface area contributed by atoms with Gasteiger partial charge in [-0.3, -0.25) is 4.79 Å². The van der Waals surface area contributed by atoms with Crippen molar-refractivity contribution in [3.8, 4) is 0 Å². The third kappa shape index (κ3) is 4.39. The number of carbonyl (C=O) groups excluding carboxylic acids is 1. The largest absolute Gasteiger partial charge is 0.349 e. The van der Waals surface area contributed by atoms with E-state index in [4.69, 9.17) is 11.6 Å². The van der Waals surface area contributed by atoms with Crippen molar-refractivity contribution in [3.63, 3.8) is 0 Å². The van der Waals surface area contributed by atoms with E-state index < -0.39 is 0 Å². The molecule has 0 heterocycles. The van der Waals surface area contributed by atoms with Crippen LogP contribution in [0.25, 0.3) is 0 Å². The van der Waals surface area contributed by atoms with Crippen molar-refractivity contribution in [1.82, 2.24) is 4.90 Å². The number of amides is 1. The summed E-state index contributed by atoms with van der Waals surface area (Å²) < 4.78 is 0. The predicted octanol–water partition coefficient (Wildman–Crippen LogP) is 1.61. The molecule has 2 nitrogen and oxygen atoms in total. The van der Waals surface area contributed by atoms with Gasteiger partial charge in [0.25, 0.3) is 0 Å². The predicted molar refractivity (Wildman–Crippen MR) is 42.9 cm³/mol. The van der Waals surface area contributed by atoms with Crippen LogP contribution in [0.3, 0.4) is 0 Å². The van der Waals surface area contributed by atoms with E-state index in [-0.39, 0.29) is 5.91 Å². The lowest BCUT2D eigenvalue weighted by atomic mass is 10.3. The molecule has 0 rings (SSSR count). The molecule has 0 saturated heterocycles. The van der Waals surface area contributed by atoms with Crippen molar-refractivity contribution < 1.29 is 4.79 Å². The van der Waals surface area contributed by atoms with E-state index in [1.54, 1.807) is 25.1 Å². The van der Waals surface area contributed by atoms with E-state index in [1.807, 2.05) is 0 Å². The molecule has 58 valence electrons. The van der Waals surface area contributed by atoms with Crippen LogP contribution >= 0.6 is 11.6 Å². The maximum Gasteiger partial charge on any atom is 0.222 e. The van der Waals surface area contributed by atoms with Gasteiger partial charge < -0.3 is 4.90 Å². The van der Waals surface area contributed by atoms with Crippen LogP contribution in [-0.4, -0.2) is 24.9 Å². The lowest BCUT2D eigenvalue weighted by Gasteiger charge is -2.07. The number of carbonyl (C=O) groups is 1. The summed E-state index contributed by atoms with van der Waals surface area (Å²) in [6.07, 6.45) is 3.03. The Morgan fingerprint density at radius 2 is 2.20 bits per heavy atom. The quantitative estimate of drug-likeness (QED) is 0.616. The molecule has 1 amide bonds. The van der Waals surface area contributed by atoms with Crippen molar-refractivity contribution in [1.29, 1.82) is 0 Å². The van der Waals surface area contributed by atoms with Crippen molar-refractivity contribution in [2.75, 3.05) is 14.1 Å². The Morgan fingerprint density at radius 3 is 2.60 bits per heavy atom. The second-order valence-electron chi connectivity index (χ2n) is 2.19. The van der Waals surface area contributed by atoms with Crippen molar-refractivity contribution in [3.05, 3.63) is 11.6 Å². The summed E-state index contributed by atoms with van der Waals surface area (Å²) in [5, 5.41) is 0. The second-order valence-corrected chi connectivity index (χ2v) is 2.44. The minimum Gasteiger partial charge on any atom is -0.349 e. The number of allylic oxidation sites excluding steroid dienone is 1. The van der Waals surface area contributed by atoms with Crippen LogP contribution in [0.1, 0.15) is 12.8 Å². The summed E-state index contributed by atoms with van der Waals surface area (Å²) in [7, 11) is 3.49. The van der Waals surface area contributed by atoms with Gasteiger partial charge in [-0.15, -0.1) is 0 Å². The number of rotatable bonds is 3. The van der Waals surface area contributed by atoms with Crippen molar-refractivity contribution in [2.45, 2.75) is 12.8 Å². The Hall–Kier alpha value is -0.500. The van der Waals surface area contributed by atoms with Crippen LogP contribution in [-0.2, 0) is 4.79 Å². The molecule has 0 unspecified atom stereocenters. The molecule has 0 bridgehead atoms. The van der Waals surface area contributed by atoms with Gasteiger partial charge in [-0.05, 0) is 6.42 Å². The minimum atomic E-state index is 0.134. The van der Waals surface area contributed by atoms with E-state index in [0.29, 0.717) is 6.42 Å². The molecule has 0 fully saturated rings. The fraction of sp³-hybridized carbons (Fsp3) is 0.571. The first kappa shape index (κ1) is 9.50. The maximum absolute atomic E-state index is 10.9. The first-order chi connectivity index (χ1) is 4.68. The smallest absolute Gasteiger partial charge is 0.222 e. The topological polar surface area (TPSA) is 20.3 Å². The highest BCUT2D eigenvalue weighted by Gasteiger charge is 1.99. The number of halogens is 1. The van der Waals surface area contributed by atoms with Gasteiger partial charge in [0, 0.05) is 26.1 Å². The molecule has 10 heavy (non-hydrogen) atoms. The average molecular weight is 162 g/mol. The van der Waals surface area contributed by atoms with Crippen molar-refractivity contribution in [2.24, 2.45) is 0 Å². The summed E-state index contributed by atoms with van der Waals surface area (Å²) in [6.45, 7) is 0. The van der Waals surface area contributed by atoms with Crippen LogP contribution in [0.5, 0.6) is 0 Å². The van der Waals surface area contributed by atoms with Gasteiger partial charge in [0.15, 0.2) is 0 Å².